The van der Waals surface area contributed by atoms with Gasteiger partial charge in [0.15, 0.2) is 0 Å². The minimum Gasteiger partial charge on any atom is -0.351 e. The van der Waals surface area contributed by atoms with Gasteiger partial charge in [0.2, 0.25) is 21.8 Å². The molecule has 34 heavy (non-hydrogen) atoms. The van der Waals surface area contributed by atoms with Crippen LogP contribution in [0.1, 0.15) is 50.2 Å². The zero-order chi connectivity index (χ0) is 24.5. The summed E-state index contributed by atoms with van der Waals surface area (Å²) in [5, 5.41) is 3.14. The SMILES string of the molecule is Cc1cccc(N2C(=O)CN(S(=O)(=O)c3ccccc3)C[C@]2(C)C(=O)NC2CCCCC2)c1C. The summed E-state index contributed by atoms with van der Waals surface area (Å²) in [6, 6.07) is 13.7. The number of nitrogens with one attached hydrogen (secondary N) is 1. The Hall–Kier alpha value is -2.71. The van der Waals surface area contributed by atoms with E-state index < -0.39 is 21.5 Å². The monoisotopic (exact) mass is 483 g/mol. The summed E-state index contributed by atoms with van der Waals surface area (Å²) < 4.78 is 28.0. The van der Waals surface area contributed by atoms with E-state index in [0.29, 0.717) is 5.69 Å². The van der Waals surface area contributed by atoms with Gasteiger partial charge in [-0.3, -0.25) is 14.5 Å². The van der Waals surface area contributed by atoms with Crippen molar-refractivity contribution in [1.29, 1.82) is 0 Å². The molecule has 2 aromatic rings. The number of anilines is 1. The van der Waals surface area contributed by atoms with Crippen LogP contribution in [0.5, 0.6) is 0 Å². The predicted octanol–water partition coefficient (Wildman–Crippen LogP) is 3.55. The first kappa shape index (κ1) is 24.4. The lowest BCUT2D eigenvalue weighted by Gasteiger charge is -2.47. The molecule has 2 amide bonds. The molecule has 0 spiro atoms. The summed E-state index contributed by atoms with van der Waals surface area (Å²) in [4.78, 5) is 29.0. The number of hydrogen-bond donors (Lipinski definition) is 1. The highest BCUT2D eigenvalue weighted by atomic mass is 32.2. The maximum absolute atomic E-state index is 13.8. The zero-order valence-corrected chi connectivity index (χ0v) is 20.9. The third-order valence-corrected chi connectivity index (χ3v) is 8.97. The van der Waals surface area contributed by atoms with Gasteiger partial charge in [-0.05, 0) is 62.9 Å². The summed E-state index contributed by atoms with van der Waals surface area (Å²) in [7, 11) is -3.95. The van der Waals surface area contributed by atoms with E-state index in [1.165, 1.54) is 17.0 Å². The van der Waals surface area contributed by atoms with E-state index in [9.17, 15) is 18.0 Å². The Balaban J connectivity index is 1.75. The highest BCUT2D eigenvalue weighted by molar-refractivity contribution is 7.89. The molecule has 0 bridgehead atoms. The van der Waals surface area contributed by atoms with Gasteiger partial charge in [0.05, 0.1) is 11.4 Å². The van der Waals surface area contributed by atoms with Crippen molar-refractivity contribution in [3.63, 3.8) is 0 Å². The quantitative estimate of drug-likeness (QED) is 0.705. The number of hydrogen-bond acceptors (Lipinski definition) is 4. The highest BCUT2D eigenvalue weighted by Gasteiger charge is 2.51. The summed E-state index contributed by atoms with van der Waals surface area (Å²) in [6.07, 6.45) is 5.04. The number of amides is 2. The zero-order valence-electron chi connectivity index (χ0n) is 20.1. The Kier molecular flexibility index (Phi) is 6.82. The normalized spacial score (nSPS) is 22.6. The summed E-state index contributed by atoms with van der Waals surface area (Å²) in [5.74, 6) is -0.734. The molecular formula is C26H33N3O4S. The molecule has 1 heterocycles. The molecule has 2 fully saturated rings. The van der Waals surface area contributed by atoms with Gasteiger partial charge in [0, 0.05) is 18.3 Å². The van der Waals surface area contributed by atoms with Crippen molar-refractivity contribution in [3.05, 3.63) is 59.7 Å². The Morgan fingerprint density at radius 2 is 1.68 bits per heavy atom. The molecule has 1 aliphatic carbocycles. The number of sulfonamides is 1. The smallest absolute Gasteiger partial charge is 0.247 e. The fraction of sp³-hybridized carbons (Fsp3) is 0.462. The van der Waals surface area contributed by atoms with Crippen LogP contribution in [0.4, 0.5) is 5.69 Å². The van der Waals surface area contributed by atoms with Gasteiger partial charge in [-0.15, -0.1) is 0 Å². The van der Waals surface area contributed by atoms with Crippen LogP contribution in [0.25, 0.3) is 0 Å². The van der Waals surface area contributed by atoms with Gasteiger partial charge >= 0.3 is 0 Å². The van der Waals surface area contributed by atoms with Crippen LogP contribution in [0.2, 0.25) is 0 Å². The maximum Gasteiger partial charge on any atom is 0.247 e. The van der Waals surface area contributed by atoms with Gasteiger partial charge in [0.1, 0.15) is 5.54 Å². The Bertz CT molecular complexity index is 1180. The van der Waals surface area contributed by atoms with E-state index in [1.54, 1.807) is 25.1 Å². The van der Waals surface area contributed by atoms with Crippen molar-refractivity contribution in [1.82, 2.24) is 9.62 Å². The lowest BCUT2D eigenvalue weighted by Crippen LogP contribution is -2.71. The average Bonchev–Trinajstić information content (AvgIpc) is 2.82. The second kappa shape index (κ2) is 9.50. The van der Waals surface area contributed by atoms with E-state index >= 15 is 0 Å². The maximum atomic E-state index is 13.8. The van der Waals surface area contributed by atoms with Crippen LogP contribution in [0, 0.1) is 13.8 Å². The Morgan fingerprint density at radius 1 is 1.00 bits per heavy atom. The molecule has 7 nitrogen and oxygen atoms in total. The van der Waals surface area contributed by atoms with Gasteiger partial charge in [-0.2, -0.15) is 4.31 Å². The molecule has 1 saturated carbocycles. The van der Waals surface area contributed by atoms with Crippen molar-refractivity contribution < 1.29 is 18.0 Å². The molecule has 0 aromatic heterocycles. The van der Waals surface area contributed by atoms with E-state index in [0.717, 1.165) is 47.5 Å². The first-order valence-corrected chi connectivity index (χ1v) is 13.3. The van der Waals surface area contributed by atoms with Crippen molar-refractivity contribution in [2.24, 2.45) is 0 Å². The molecule has 1 saturated heterocycles. The molecule has 2 aliphatic rings. The van der Waals surface area contributed by atoms with Crippen LogP contribution >= 0.6 is 0 Å². The second-order valence-electron chi connectivity index (χ2n) is 9.62. The molecule has 1 aliphatic heterocycles. The highest BCUT2D eigenvalue weighted by Crippen LogP contribution is 2.35. The van der Waals surface area contributed by atoms with E-state index in [2.05, 4.69) is 5.32 Å². The first-order chi connectivity index (χ1) is 16.1. The predicted molar refractivity (Wildman–Crippen MR) is 132 cm³/mol. The molecule has 1 atom stereocenters. The van der Waals surface area contributed by atoms with Crippen LogP contribution < -0.4 is 10.2 Å². The van der Waals surface area contributed by atoms with Gasteiger partial charge in [-0.25, -0.2) is 8.42 Å². The lowest BCUT2D eigenvalue weighted by atomic mass is 9.90. The number of carbonyl (C=O) groups is 2. The van der Waals surface area contributed by atoms with Crippen molar-refractivity contribution >= 4 is 27.5 Å². The standard InChI is InChI=1S/C26H33N3O4S/c1-19-11-10-16-23(20(19)2)29-24(30)17-28(34(32,33)22-14-8-5-9-15-22)18-26(29,3)25(31)27-21-12-6-4-7-13-21/h5,8-11,14-16,21H,4,6-7,12-13,17-18H2,1-3H3,(H,27,31)/t26-/m1/s1. The van der Waals surface area contributed by atoms with Crippen LogP contribution in [0.15, 0.2) is 53.4 Å². The van der Waals surface area contributed by atoms with Crippen molar-refractivity contribution in [2.75, 3.05) is 18.0 Å². The summed E-state index contributed by atoms with van der Waals surface area (Å²) in [6.45, 7) is 5.11. The van der Waals surface area contributed by atoms with E-state index in [-0.39, 0.29) is 29.9 Å². The van der Waals surface area contributed by atoms with Crippen molar-refractivity contribution in [3.8, 4) is 0 Å². The number of rotatable bonds is 5. The van der Waals surface area contributed by atoms with Crippen LogP contribution in [-0.4, -0.2) is 49.2 Å². The molecule has 2 aromatic carbocycles. The fourth-order valence-corrected chi connectivity index (χ4v) is 6.52. The third-order valence-electron chi connectivity index (χ3n) is 7.17. The van der Waals surface area contributed by atoms with Crippen LogP contribution in [-0.2, 0) is 19.6 Å². The number of carbonyl (C=O) groups excluding carboxylic acids is 2. The number of nitrogens with zero attached hydrogens (tertiary/aromatic N) is 2. The summed E-state index contributed by atoms with van der Waals surface area (Å²) >= 11 is 0. The average molecular weight is 484 g/mol. The minimum absolute atomic E-state index is 0.0368. The molecule has 182 valence electrons. The van der Waals surface area contributed by atoms with E-state index in [4.69, 9.17) is 0 Å². The molecule has 1 N–H and O–H groups in total. The van der Waals surface area contributed by atoms with Gasteiger partial charge in [-0.1, -0.05) is 49.6 Å². The van der Waals surface area contributed by atoms with Gasteiger partial charge < -0.3 is 5.32 Å². The molecule has 0 unspecified atom stereocenters. The third kappa shape index (κ3) is 4.49. The Morgan fingerprint density at radius 3 is 2.35 bits per heavy atom. The molecular weight excluding hydrogens is 450 g/mol. The number of benzene rings is 2. The van der Waals surface area contributed by atoms with Crippen molar-refractivity contribution in [2.45, 2.75) is 69.4 Å². The Labute approximate surface area is 202 Å². The minimum atomic E-state index is -3.95. The van der Waals surface area contributed by atoms with Gasteiger partial charge in [0.25, 0.3) is 0 Å². The lowest BCUT2D eigenvalue weighted by molar-refractivity contribution is -0.133. The topological polar surface area (TPSA) is 86.8 Å². The molecule has 8 heteroatoms. The summed E-state index contributed by atoms with van der Waals surface area (Å²) in [5.41, 5.74) is 1.14. The fourth-order valence-electron chi connectivity index (χ4n) is 5.02. The second-order valence-corrected chi connectivity index (χ2v) is 11.6. The molecule has 4 rings (SSSR count). The van der Waals surface area contributed by atoms with E-state index in [1.807, 2.05) is 32.0 Å². The molecule has 0 radical (unpaired) electrons. The van der Waals surface area contributed by atoms with Crippen LogP contribution in [0.3, 0.4) is 0 Å². The number of aryl methyl sites for hydroxylation is 1. The number of piperazine rings is 1. The largest absolute Gasteiger partial charge is 0.351 e. The first-order valence-electron chi connectivity index (χ1n) is 11.9.